The van der Waals surface area contributed by atoms with Crippen LogP contribution in [0, 0.1) is 6.92 Å². The van der Waals surface area contributed by atoms with E-state index in [9.17, 15) is 9.59 Å². The molecule has 0 radical (unpaired) electrons. The number of aromatic nitrogens is 4. The van der Waals surface area contributed by atoms with Crippen LogP contribution in [0.2, 0.25) is 0 Å². The fraction of sp³-hybridized carbons (Fsp3) is 0.259. The molecule has 180 valence electrons. The number of Topliss-reactive ketones (excluding diaryl/α,β-unsaturated/α-hetero) is 1. The minimum Gasteiger partial charge on any atom is -0.493 e. The first-order chi connectivity index (χ1) is 16.9. The van der Waals surface area contributed by atoms with Crippen LogP contribution in [-0.4, -0.2) is 39.6 Å². The number of ketones is 1. The average Bonchev–Trinajstić information content (AvgIpc) is 3.18. The van der Waals surface area contributed by atoms with Crippen LogP contribution < -0.4 is 15.0 Å². The number of carbonyl (C=O) groups is 1. The van der Waals surface area contributed by atoms with Crippen LogP contribution in [0.15, 0.2) is 59.4 Å². The van der Waals surface area contributed by atoms with Gasteiger partial charge in [-0.15, -0.1) is 0 Å². The minimum atomic E-state index is -0.528. The molecule has 0 aliphatic carbocycles. The quantitative estimate of drug-likeness (QED) is 0.394. The Balaban J connectivity index is 1.70. The number of hydrogen-bond acceptors (Lipinski definition) is 6. The average molecular weight is 473 g/mol. The lowest BCUT2D eigenvalue weighted by Crippen LogP contribution is -2.20. The van der Waals surface area contributed by atoms with Crippen molar-refractivity contribution in [1.82, 2.24) is 19.6 Å². The van der Waals surface area contributed by atoms with Gasteiger partial charge in [-0.05, 0) is 43.5 Å². The number of hydrogen-bond donors (Lipinski definition) is 1. The SMILES string of the molecule is COc1ccc(Cc2nn3c(C(CC=Cc4ccccc4)C(C)=O)nc(C)c3c(=O)[nH]2)cc1OC. The fourth-order valence-corrected chi connectivity index (χ4v) is 4.08. The standard InChI is InChI=1S/C27H28N4O4/c1-17-25-27(33)29-24(16-20-13-14-22(34-3)23(15-20)35-4)30-31(25)26(28-17)21(18(2)32)12-8-11-19-9-6-5-7-10-19/h5-11,13-15,21H,12,16H2,1-4H3,(H,29,30,33). The Hall–Kier alpha value is -4.20. The van der Waals surface area contributed by atoms with Crippen LogP contribution in [0.4, 0.5) is 0 Å². The molecule has 0 aliphatic heterocycles. The third kappa shape index (κ3) is 5.16. The number of rotatable bonds is 9. The van der Waals surface area contributed by atoms with Gasteiger partial charge in [0.1, 0.15) is 17.4 Å². The number of benzene rings is 2. The first kappa shape index (κ1) is 23.9. The van der Waals surface area contributed by atoms with E-state index in [0.29, 0.717) is 47.2 Å². The van der Waals surface area contributed by atoms with Crippen LogP contribution in [0.1, 0.15) is 47.7 Å². The van der Waals surface area contributed by atoms with Gasteiger partial charge in [0.05, 0.1) is 25.8 Å². The monoisotopic (exact) mass is 472 g/mol. The molecule has 4 aromatic rings. The Bertz CT molecular complexity index is 1440. The molecule has 0 amide bonds. The lowest BCUT2D eigenvalue weighted by molar-refractivity contribution is -0.118. The van der Waals surface area contributed by atoms with Crippen LogP contribution in [0.25, 0.3) is 11.6 Å². The summed E-state index contributed by atoms with van der Waals surface area (Å²) in [6, 6.07) is 15.4. The van der Waals surface area contributed by atoms with E-state index in [0.717, 1.165) is 11.1 Å². The number of allylic oxidation sites excluding steroid dienone is 1. The smallest absolute Gasteiger partial charge is 0.277 e. The Kier molecular flexibility index (Phi) is 7.10. The molecule has 2 aromatic heterocycles. The summed E-state index contributed by atoms with van der Waals surface area (Å²) in [6.45, 7) is 3.29. The summed E-state index contributed by atoms with van der Waals surface area (Å²) in [5, 5.41) is 4.67. The molecule has 0 fully saturated rings. The number of ether oxygens (including phenoxy) is 2. The Morgan fingerprint density at radius 3 is 2.54 bits per heavy atom. The van der Waals surface area contributed by atoms with Gasteiger partial charge in [0.15, 0.2) is 17.0 Å². The first-order valence-corrected chi connectivity index (χ1v) is 11.3. The lowest BCUT2D eigenvalue weighted by atomic mass is 9.99. The highest BCUT2D eigenvalue weighted by molar-refractivity contribution is 5.83. The molecular weight excluding hydrogens is 444 g/mol. The molecule has 8 heteroatoms. The van der Waals surface area contributed by atoms with Gasteiger partial charge in [-0.1, -0.05) is 48.6 Å². The number of imidazole rings is 1. The van der Waals surface area contributed by atoms with Gasteiger partial charge in [-0.25, -0.2) is 9.50 Å². The summed E-state index contributed by atoms with van der Waals surface area (Å²) in [7, 11) is 3.15. The van der Waals surface area contributed by atoms with E-state index in [1.54, 1.807) is 21.1 Å². The third-order valence-corrected chi connectivity index (χ3v) is 5.85. The zero-order valence-electron chi connectivity index (χ0n) is 20.2. The van der Waals surface area contributed by atoms with E-state index in [2.05, 4.69) is 15.1 Å². The number of methoxy groups -OCH3 is 2. The summed E-state index contributed by atoms with van der Waals surface area (Å²) in [4.78, 5) is 33.0. The van der Waals surface area contributed by atoms with Gasteiger partial charge >= 0.3 is 0 Å². The van der Waals surface area contributed by atoms with Gasteiger partial charge in [0.2, 0.25) is 0 Å². The molecule has 2 heterocycles. The molecule has 0 bridgehead atoms. The van der Waals surface area contributed by atoms with Crippen molar-refractivity contribution in [3.8, 4) is 11.5 Å². The molecule has 35 heavy (non-hydrogen) atoms. The van der Waals surface area contributed by atoms with Crippen molar-refractivity contribution in [1.29, 1.82) is 0 Å². The van der Waals surface area contributed by atoms with E-state index in [4.69, 9.17) is 9.47 Å². The highest BCUT2D eigenvalue weighted by Gasteiger charge is 2.24. The number of aryl methyl sites for hydroxylation is 1. The van der Waals surface area contributed by atoms with Gasteiger partial charge in [0, 0.05) is 6.42 Å². The lowest BCUT2D eigenvalue weighted by Gasteiger charge is -2.11. The summed E-state index contributed by atoms with van der Waals surface area (Å²) in [6.07, 6.45) is 4.74. The van der Waals surface area contributed by atoms with Gasteiger partial charge in [-0.3, -0.25) is 9.59 Å². The topological polar surface area (TPSA) is 98.6 Å². The fourth-order valence-electron chi connectivity index (χ4n) is 4.08. The Morgan fingerprint density at radius 2 is 1.86 bits per heavy atom. The summed E-state index contributed by atoms with van der Waals surface area (Å²) < 4.78 is 12.2. The van der Waals surface area contributed by atoms with Crippen molar-refractivity contribution in [3.05, 3.63) is 93.4 Å². The van der Waals surface area contributed by atoms with Crippen molar-refractivity contribution >= 4 is 17.4 Å². The third-order valence-electron chi connectivity index (χ3n) is 5.85. The molecule has 0 saturated carbocycles. The van der Waals surface area contributed by atoms with Crippen LogP contribution in [0.5, 0.6) is 11.5 Å². The molecule has 1 unspecified atom stereocenters. The normalized spacial score (nSPS) is 12.2. The minimum absolute atomic E-state index is 0.0434. The van der Waals surface area contributed by atoms with Crippen molar-refractivity contribution in [2.45, 2.75) is 32.6 Å². The molecule has 1 N–H and O–H groups in total. The van der Waals surface area contributed by atoms with Crippen LogP contribution in [-0.2, 0) is 11.2 Å². The van der Waals surface area contributed by atoms with Crippen molar-refractivity contribution in [3.63, 3.8) is 0 Å². The second-order valence-corrected chi connectivity index (χ2v) is 8.29. The van der Waals surface area contributed by atoms with Crippen LogP contribution >= 0.6 is 0 Å². The molecule has 0 spiro atoms. The summed E-state index contributed by atoms with van der Waals surface area (Å²) >= 11 is 0. The molecule has 0 saturated heterocycles. The maximum atomic E-state index is 12.9. The number of fused-ring (bicyclic) bond motifs is 1. The second kappa shape index (κ2) is 10.4. The maximum absolute atomic E-state index is 12.9. The number of nitrogens with zero attached hydrogens (tertiary/aromatic N) is 3. The Morgan fingerprint density at radius 1 is 1.11 bits per heavy atom. The molecular formula is C27H28N4O4. The Labute approximate surface area is 203 Å². The van der Waals surface area contributed by atoms with E-state index < -0.39 is 5.92 Å². The molecule has 0 aliphatic rings. The zero-order chi connectivity index (χ0) is 24.9. The number of carbonyl (C=O) groups excluding carboxylic acids is 1. The maximum Gasteiger partial charge on any atom is 0.277 e. The van der Waals surface area contributed by atoms with Crippen molar-refractivity contribution in [2.75, 3.05) is 14.2 Å². The number of nitrogens with one attached hydrogen (secondary N) is 1. The molecule has 1 atom stereocenters. The highest BCUT2D eigenvalue weighted by Crippen LogP contribution is 2.28. The van der Waals surface area contributed by atoms with Gasteiger partial charge in [0.25, 0.3) is 5.56 Å². The summed E-state index contributed by atoms with van der Waals surface area (Å²) in [5.41, 5.74) is 2.51. The molecule has 8 nitrogen and oxygen atoms in total. The predicted molar refractivity (Wildman–Crippen MR) is 134 cm³/mol. The van der Waals surface area contributed by atoms with Crippen molar-refractivity contribution in [2.24, 2.45) is 0 Å². The number of aromatic amines is 1. The van der Waals surface area contributed by atoms with E-state index in [-0.39, 0.29) is 11.3 Å². The molecule has 4 rings (SSSR count). The summed E-state index contributed by atoms with van der Waals surface area (Å²) in [5.74, 6) is 1.55. The van der Waals surface area contributed by atoms with Crippen LogP contribution in [0.3, 0.4) is 0 Å². The second-order valence-electron chi connectivity index (χ2n) is 8.29. The first-order valence-electron chi connectivity index (χ1n) is 11.3. The number of H-pyrrole nitrogens is 1. The van der Waals surface area contributed by atoms with Crippen molar-refractivity contribution < 1.29 is 14.3 Å². The van der Waals surface area contributed by atoms with E-state index >= 15 is 0 Å². The van der Waals surface area contributed by atoms with E-state index in [1.807, 2.05) is 60.7 Å². The predicted octanol–water partition coefficient (Wildman–Crippen LogP) is 4.11. The largest absolute Gasteiger partial charge is 0.493 e. The van der Waals surface area contributed by atoms with Gasteiger partial charge < -0.3 is 14.5 Å². The van der Waals surface area contributed by atoms with Gasteiger partial charge in [-0.2, -0.15) is 5.10 Å². The highest BCUT2D eigenvalue weighted by atomic mass is 16.5. The van der Waals surface area contributed by atoms with E-state index in [1.165, 1.54) is 11.4 Å². The molecule has 2 aromatic carbocycles. The zero-order valence-corrected chi connectivity index (χ0v) is 20.2.